The normalized spacial score (nSPS) is 15.1. The highest BCUT2D eigenvalue weighted by atomic mass is 16.2. The van der Waals surface area contributed by atoms with Gasteiger partial charge in [0.15, 0.2) is 0 Å². The lowest BCUT2D eigenvalue weighted by Crippen LogP contribution is -2.61. The minimum absolute atomic E-state index is 0.112. The van der Waals surface area contributed by atoms with E-state index in [1.54, 1.807) is 13.8 Å². The van der Waals surface area contributed by atoms with Gasteiger partial charge < -0.3 is 27.0 Å². The summed E-state index contributed by atoms with van der Waals surface area (Å²) in [6.07, 6.45) is 0.863. The van der Waals surface area contributed by atoms with Crippen molar-refractivity contribution in [2.24, 2.45) is 11.5 Å². The Morgan fingerprint density at radius 1 is 1.00 bits per heavy atom. The number of hydrogen-bond acceptors (Lipinski definition) is 5. The second kappa shape index (κ2) is 12.3. The van der Waals surface area contributed by atoms with E-state index in [-0.39, 0.29) is 24.3 Å². The number of nitrogens with one attached hydrogen (secondary N) is 2. The summed E-state index contributed by atoms with van der Waals surface area (Å²) in [5.41, 5.74) is 11.3. The molecular weight excluding hydrogens is 422 g/mol. The predicted octanol–water partition coefficient (Wildman–Crippen LogP) is 0.847. The van der Waals surface area contributed by atoms with Crippen LogP contribution in [0.25, 0.3) is 0 Å². The molecule has 4 atom stereocenters. The average Bonchev–Trinajstić information content (AvgIpc) is 2.72. The largest absolute Gasteiger partial charge is 0.370 e. The summed E-state index contributed by atoms with van der Waals surface area (Å²) < 4.78 is 0. The number of nitrogens with zero attached hydrogens (tertiary/aromatic N) is 1. The maximum absolute atomic E-state index is 13.7. The molecule has 0 aliphatic heterocycles. The molecule has 0 aliphatic rings. The van der Waals surface area contributed by atoms with Crippen molar-refractivity contribution in [3.8, 4) is 0 Å². The first-order valence-corrected chi connectivity index (χ1v) is 11.3. The van der Waals surface area contributed by atoms with Crippen LogP contribution in [0.5, 0.6) is 0 Å². The van der Waals surface area contributed by atoms with Gasteiger partial charge in [-0.3, -0.25) is 19.2 Å². The van der Waals surface area contributed by atoms with Crippen molar-refractivity contribution in [2.45, 2.75) is 90.5 Å². The van der Waals surface area contributed by atoms with E-state index in [1.165, 1.54) is 11.8 Å². The van der Waals surface area contributed by atoms with E-state index >= 15 is 0 Å². The van der Waals surface area contributed by atoms with Crippen LogP contribution in [0.4, 0.5) is 0 Å². The number of benzene rings is 1. The SMILES string of the molecule is CCC(C)(C)N[C@@H](C)C(=O)N(C(C)CC(N)=O)[C@@H](Cc1ccccc1)C(=O)N[C@@H](C)C(N)=O. The molecule has 0 aliphatic carbocycles. The minimum Gasteiger partial charge on any atom is -0.370 e. The van der Waals surface area contributed by atoms with Gasteiger partial charge >= 0.3 is 0 Å². The molecule has 0 saturated heterocycles. The quantitative estimate of drug-likeness (QED) is 0.344. The van der Waals surface area contributed by atoms with Gasteiger partial charge in [0.25, 0.3) is 0 Å². The average molecular weight is 462 g/mol. The van der Waals surface area contributed by atoms with Gasteiger partial charge in [0.1, 0.15) is 12.1 Å². The van der Waals surface area contributed by atoms with Gasteiger partial charge in [-0.15, -0.1) is 0 Å². The fourth-order valence-electron chi connectivity index (χ4n) is 3.58. The monoisotopic (exact) mass is 461 g/mol. The molecule has 9 nitrogen and oxygen atoms in total. The van der Waals surface area contributed by atoms with Crippen LogP contribution in [0, 0.1) is 0 Å². The van der Waals surface area contributed by atoms with Crippen molar-refractivity contribution < 1.29 is 19.2 Å². The number of carbonyl (C=O) groups is 4. The van der Waals surface area contributed by atoms with Crippen LogP contribution in [0.3, 0.4) is 0 Å². The van der Waals surface area contributed by atoms with Gasteiger partial charge in [-0.2, -0.15) is 0 Å². The van der Waals surface area contributed by atoms with E-state index in [1.807, 2.05) is 51.1 Å². The van der Waals surface area contributed by atoms with Gasteiger partial charge in [0.2, 0.25) is 23.6 Å². The molecule has 0 saturated carbocycles. The Labute approximate surface area is 196 Å². The zero-order valence-electron chi connectivity index (χ0n) is 20.6. The van der Waals surface area contributed by atoms with E-state index < -0.39 is 41.9 Å². The summed E-state index contributed by atoms with van der Waals surface area (Å²) in [6, 6.07) is 6.04. The highest BCUT2D eigenvalue weighted by Gasteiger charge is 2.37. The highest BCUT2D eigenvalue weighted by molar-refractivity contribution is 5.93. The molecule has 33 heavy (non-hydrogen) atoms. The molecule has 0 heterocycles. The van der Waals surface area contributed by atoms with Crippen molar-refractivity contribution in [1.82, 2.24) is 15.5 Å². The minimum atomic E-state index is -0.981. The van der Waals surface area contributed by atoms with Crippen LogP contribution in [-0.2, 0) is 25.6 Å². The van der Waals surface area contributed by atoms with Crippen molar-refractivity contribution in [3.05, 3.63) is 35.9 Å². The van der Waals surface area contributed by atoms with Gasteiger partial charge in [-0.25, -0.2) is 0 Å². The lowest BCUT2D eigenvalue weighted by molar-refractivity contribution is -0.146. The van der Waals surface area contributed by atoms with Gasteiger partial charge in [-0.05, 0) is 46.6 Å². The summed E-state index contributed by atoms with van der Waals surface area (Å²) in [5, 5.41) is 5.90. The molecule has 1 unspecified atom stereocenters. The van der Waals surface area contributed by atoms with Crippen LogP contribution >= 0.6 is 0 Å². The maximum atomic E-state index is 13.7. The fraction of sp³-hybridized carbons (Fsp3) is 0.583. The predicted molar refractivity (Wildman–Crippen MR) is 128 cm³/mol. The molecule has 0 fully saturated rings. The third-order valence-corrected chi connectivity index (χ3v) is 5.78. The van der Waals surface area contributed by atoms with Crippen LogP contribution in [0.1, 0.15) is 59.9 Å². The fourth-order valence-corrected chi connectivity index (χ4v) is 3.58. The summed E-state index contributed by atoms with van der Waals surface area (Å²) >= 11 is 0. The highest BCUT2D eigenvalue weighted by Crippen LogP contribution is 2.18. The van der Waals surface area contributed by atoms with Crippen LogP contribution in [0.2, 0.25) is 0 Å². The molecule has 0 aromatic heterocycles. The lowest BCUT2D eigenvalue weighted by Gasteiger charge is -2.39. The third-order valence-electron chi connectivity index (χ3n) is 5.78. The van der Waals surface area contributed by atoms with E-state index in [0.717, 1.165) is 12.0 Å². The first-order valence-electron chi connectivity index (χ1n) is 11.3. The van der Waals surface area contributed by atoms with Crippen molar-refractivity contribution in [2.75, 3.05) is 0 Å². The van der Waals surface area contributed by atoms with Gasteiger partial charge in [0, 0.05) is 24.4 Å². The van der Waals surface area contributed by atoms with E-state index in [0.29, 0.717) is 0 Å². The Kier molecular flexibility index (Phi) is 10.5. The first kappa shape index (κ1) is 28.1. The Morgan fingerprint density at radius 3 is 2.06 bits per heavy atom. The second-order valence-electron chi connectivity index (χ2n) is 9.21. The van der Waals surface area contributed by atoms with E-state index in [4.69, 9.17) is 11.5 Å². The zero-order valence-corrected chi connectivity index (χ0v) is 20.6. The Hall–Kier alpha value is -2.94. The summed E-state index contributed by atoms with van der Waals surface area (Å²) in [6.45, 7) is 10.9. The first-order chi connectivity index (χ1) is 15.3. The number of hydrogen-bond donors (Lipinski definition) is 4. The molecule has 1 aromatic rings. The Balaban J connectivity index is 3.42. The standard InChI is InChI=1S/C24H39N5O4/c1-7-24(5,6)28-17(4)23(33)29(15(2)13-20(25)30)19(14-18-11-9-8-10-12-18)22(32)27-16(3)21(26)31/h8-12,15-17,19,28H,7,13-14H2,1-6H3,(H2,25,30)(H2,26,31)(H,27,32)/t15?,16-,17-,19-/m0/s1. The Bertz CT molecular complexity index is 827. The smallest absolute Gasteiger partial charge is 0.243 e. The summed E-state index contributed by atoms with van der Waals surface area (Å²) in [5.74, 6) is -2.14. The number of rotatable bonds is 13. The molecule has 0 spiro atoms. The van der Waals surface area contributed by atoms with Crippen LogP contribution in [0.15, 0.2) is 30.3 Å². The van der Waals surface area contributed by atoms with Crippen LogP contribution in [-0.4, -0.2) is 58.2 Å². The molecule has 6 N–H and O–H groups in total. The number of amides is 4. The molecule has 184 valence electrons. The summed E-state index contributed by atoms with van der Waals surface area (Å²) in [7, 11) is 0. The van der Waals surface area contributed by atoms with Crippen molar-refractivity contribution in [1.29, 1.82) is 0 Å². The molecule has 1 rings (SSSR count). The number of primary amides is 2. The number of nitrogens with two attached hydrogens (primary N) is 2. The van der Waals surface area contributed by atoms with Crippen molar-refractivity contribution >= 4 is 23.6 Å². The molecular formula is C24H39N5O4. The lowest BCUT2D eigenvalue weighted by atomic mass is 9.97. The van der Waals surface area contributed by atoms with E-state index in [9.17, 15) is 19.2 Å². The molecule has 0 bridgehead atoms. The van der Waals surface area contributed by atoms with Crippen LogP contribution < -0.4 is 22.1 Å². The van der Waals surface area contributed by atoms with Gasteiger partial charge in [0.05, 0.1) is 6.04 Å². The van der Waals surface area contributed by atoms with Crippen molar-refractivity contribution in [3.63, 3.8) is 0 Å². The maximum Gasteiger partial charge on any atom is 0.243 e. The zero-order chi connectivity index (χ0) is 25.3. The molecule has 9 heteroatoms. The third kappa shape index (κ3) is 8.84. The number of carbonyl (C=O) groups excluding carboxylic acids is 4. The molecule has 4 amide bonds. The van der Waals surface area contributed by atoms with Gasteiger partial charge in [-0.1, -0.05) is 37.3 Å². The topological polar surface area (TPSA) is 148 Å². The molecule has 1 aromatic carbocycles. The Morgan fingerprint density at radius 2 is 1.58 bits per heavy atom. The van der Waals surface area contributed by atoms with E-state index in [2.05, 4.69) is 10.6 Å². The summed E-state index contributed by atoms with van der Waals surface area (Å²) in [4.78, 5) is 51.6. The second-order valence-corrected chi connectivity index (χ2v) is 9.21. The molecule has 0 radical (unpaired) electrons.